The summed E-state index contributed by atoms with van der Waals surface area (Å²) in [6.07, 6.45) is 5.32. The molecule has 25 heavy (non-hydrogen) atoms. The lowest BCUT2D eigenvalue weighted by atomic mass is 10.2. The van der Waals surface area contributed by atoms with Gasteiger partial charge in [0.1, 0.15) is 5.82 Å². The maximum Gasteiger partial charge on any atom is 0.191 e. The number of hydrogen-bond acceptors (Lipinski definition) is 4. The third-order valence-corrected chi connectivity index (χ3v) is 5.54. The van der Waals surface area contributed by atoms with Crippen LogP contribution >= 0.6 is 11.8 Å². The number of thioether (sulfide) groups is 1. The molecule has 0 amide bonds. The number of benzene rings is 1. The van der Waals surface area contributed by atoms with E-state index in [1.54, 1.807) is 11.8 Å². The molecule has 1 aliphatic rings. The molecule has 0 atom stereocenters. The molecule has 4 rings (SSSR count). The van der Waals surface area contributed by atoms with Gasteiger partial charge in [0, 0.05) is 18.0 Å². The molecule has 2 aromatic heterocycles. The van der Waals surface area contributed by atoms with Crippen LogP contribution in [0.4, 0.5) is 0 Å². The Balaban J connectivity index is 1.61. The van der Waals surface area contributed by atoms with Gasteiger partial charge in [0.05, 0.1) is 11.4 Å². The highest BCUT2D eigenvalue weighted by atomic mass is 32.2. The first-order valence-electron chi connectivity index (χ1n) is 8.56. The minimum atomic E-state index is 0.734. The second-order valence-electron chi connectivity index (χ2n) is 6.19. The fraction of sp³-hybridized carbons (Fsp3) is 0.316. The van der Waals surface area contributed by atoms with Crippen LogP contribution in [0.3, 0.4) is 0 Å². The third-order valence-electron chi connectivity index (χ3n) is 4.57. The van der Waals surface area contributed by atoms with Gasteiger partial charge in [-0.05, 0) is 43.9 Å². The van der Waals surface area contributed by atoms with E-state index in [9.17, 15) is 0 Å². The molecule has 0 spiro atoms. The van der Waals surface area contributed by atoms with Crippen molar-refractivity contribution in [2.24, 2.45) is 0 Å². The van der Waals surface area contributed by atoms with Crippen molar-refractivity contribution in [3.05, 3.63) is 65.8 Å². The number of allylic oxidation sites excluding steroid dienone is 1. The Kier molecular flexibility index (Phi) is 4.44. The maximum atomic E-state index is 4.92. The molecular weight excluding hydrogens is 330 g/mol. The fourth-order valence-electron chi connectivity index (χ4n) is 3.35. The summed E-state index contributed by atoms with van der Waals surface area (Å²) < 4.78 is 4.21. The SMILES string of the molecule is C=CCn1c(C)nnc1SCc1nn(-c2ccccc2)c2c1CCC2. The second kappa shape index (κ2) is 6.88. The first-order valence-corrected chi connectivity index (χ1v) is 9.55. The van der Waals surface area contributed by atoms with Gasteiger partial charge in [-0.3, -0.25) is 0 Å². The highest BCUT2D eigenvalue weighted by Crippen LogP contribution is 2.31. The van der Waals surface area contributed by atoms with Gasteiger partial charge >= 0.3 is 0 Å². The van der Waals surface area contributed by atoms with Crippen molar-refractivity contribution in [3.63, 3.8) is 0 Å². The third kappa shape index (κ3) is 3.02. The number of aromatic nitrogens is 5. The summed E-state index contributed by atoms with van der Waals surface area (Å²) in [5, 5.41) is 14.3. The van der Waals surface area contributed by atoms with Crippen molar-refractivity contribution in [1.82, 2.24) is 24.5 Å². The molecular formula is C19H21N5S. The van der Waals surface area contributed by atoms with Crippen LogP contribution in [0.5, 0.6) is 0 Å². The Bertz CT molecular complexity index is 894. The maximum absolute atomic E-state index is 4.92. The molecule has 2 heterocycles. The summed E-state index contributed by atoms with van der Waals surface area (Å²) in [5.41, 5.74) is 5.10. The fourth-order valence-corrected chi connectivity index (χ4v) is 4.31. The van der Waals surface area contributed by atoms with E-state index >= 15 is 0 Å². The van der Waals surface area contributed by atoms with Crippen LogP contribution in [-0.4, -0.2) is 24.5 Å². The van der Waals surface area contributed by atoms with E-state index in [2.05, 4.69) is 50.3 Å². The molecule has 6 heteroatoms. The molecule has 5 nitrogen and oxygen atoms in total. The summed E-state index contributed by atoms with van der Waals surface area (Å²) in [6, 6.07) is 10.4. The summed E-state index contributed by atoms with van der Waals surface area (Å²) in [5.74, 6) is 1.74. The lowest BCUT2D eigenvalue weighted by molar-refractivity contribution is 0.703. The molecule has 0 radical (unpaired) electrons. The van der Waals surface area contributed by atoms with Gasteiger partial charge < -0.3 is 4.57 Å². The number of fused-ring (bicyclic) bond motifs is 1. The molecule has 1 aliphatic carbocycles. The van der Waals surface area contributed by atoms with Gasteiger partial charge in [0.2, 0.25) is 0 Å². The van der Waals surface area contributed by atoms with E-state index in [0.717, 1.165) is 41.8 Å². The molecule has 0 saturated heterocycles. The van der Waals surface area contributed by atoms with E-state index in [-0.39, 0.29) is 0 Å². The zero-order chi connectivity index (χ0) is 17.2. The molecule has 0 fully saturated rings. The minimum Gasteiger partial charge on any atom is -0.302 e. The molecule has 3 aromatic rings. The topological polar surface area (TPSA) is 48.5 Å². The lowest BCUT2D eigenvalue weighted by Crippen LogP contribution is -2.02. The molecule has 0 saturated carbocycles. The number of para-hydroxylation sites is 1. The van der Waals surface area contributed by atoms with Gasteiger partial charge in [-0.2, -0.15) is 5.10 Å². The monoisotopic (exact) mass is 351 g/mol. The molecule has 0 N–H and O–H groups in total. The highest BCUT2D eigenvalue weighted by Gasteiger charge is 2.23. The Morgan fingerprint density at radius 3 is 2.84 bits per heavy atom. The van der Waals surface area contributed by atoms with Crippen molar-refractivity contribution in [2.45, 2.75) is 43.6 Å². The zero-order valence-corrected chi connectivity index (χ0v) is 15.2. The van der Waals surface area contributed by atoms with Crippen LogP contribution in [-0.2, 0) is 25.1 Å². The van der Waals surface area contributed by atoms with Gasteiger partial charge in [0.25, 0.3) is 0 Å². The Morgan fingerprint density at radius 1 is 1.20 bits per heavy atom. The molecule has 0 aliphatic heterocycles. The average molecular weight is 351 g/mol. The number of nitrogens with zero attached hydrogens (tertiary/aromatic N) is 5. The predicted octanol–water partition coefficient (Wildman–Crippen LogP) is 3.74. The Morgan fingerprint density at radius 2 is 2.04 bits per heavy atom. The quantitative estimate of drug-likeness (QED) is 0.501. The van der Waals surface area contributed by atoms with E-state index in [1.807, 2.05) is 19.1 Å². The molecule has 0 unspecified atom stereocenters. The van der Waals surface area contributed by atoms with Gasteiger partial charge in [-0.1, -0.05) is 36.0 Å². The summed E-state index contributed by atoms with van der Waals surface area (Å²) in [6.45, 7) is 6.53. The molecule has 128 valence electrons. The highest BCUT2D eigenvalue weighted by molar-refractivity contribution is 7.98. The standard InChI is InChI=1S/C19H21N5S/c1-3-12-23-14(2)20-21-19(23)25-13-17-16-10-7-11-18(16)24(22-17)15-8-5-4-6-9-15/h3-6,8-9H,1,7,10-13H2,2H3. The van der Waals surface area contributed by atoms with E-state index < -0.39 is 0 Å². The summed E-state index contributed by atoms with van der Waals surface area (Å²) >= 11 is 1.70. The van der Waals surface area contributed by atoms with Crippen molar-refractivity contribution in [2.75, 3.05) is 0 Å². The summed E-state index contributed by atoms with van der Waals surface area (Å²) in [4.78, 5) is 0. The number of aryl methyl sites for hydroxylation is 1. The van der Waals surface area contributed by atoms with Gasteiger partial charge in [-0.25, -0.2) is 4.68 Å². The van der Waals surface area contributed by atoms with E-state index in [4.69, 9.17) is 5.10 Å². The second-order valence-corrected chi connectivity index (χ2v) is 7.13. The van der Waals surface area contributed by atoms with Crippen molar-refractivity contribution in [1.29, 1.82) is 0 Å². The minimum absolute atomic E-state index is 0.734. The van der Waals surface area contributed by atoms with Crippen LogP contribution in [0.25, 0.3) is 5.69 Å². The van der Waals surface area contributed by atoms with Crippen LogP contribution < -0.4 is 0 Å². The lowest BCUT2D eigenvalue weighted by Gasteiger charge is -2.05. The predicted molar refractivity (Wildman–Crippen MR) is 100 cm³/mol. The average Bonchev–Trinajstić information content (AvgIpc) is 3.32. The zero-order valence-electron chi connectivity index (χ0n) is 14.4. The normalized spacial score (nSPS) is 13.2. The number of hydrogen-bond donors (Lipinski definition) is 0. The van der Waals surface area contributed by atoms with Crippen molar-refractivity contribution in [3.8, 4) is 5.69 Å². The summed E-state index contributed by atoms with van der Waals surface area (Å²) in [7, 11) is 0. The van der Waals surface area contributed by atoms with Crippen LogP contribution in [0.15, 0.2) is 48.1 Å². The van der Waals surface area contributed by atoms with Crippen molar-refractivity contribution >= 4 is 11.8 Å². The van der Waals surface area contributed by atoms with Crippen LogP contribution in [0.2, 0.25) is 0 Å². The van der Waals surface area contributed by atoms with E-state index in [0.29, 0.717) is 0 Å². The molecule has 1 aromatic carbocycles. The first-order chi connectivity index (χ1) is 12.3. The van der Waals surface area contributed by atoms with E-state index in [1.165, 1.54) is 23.4 Å². The molecule has 0 bridgehead atoms. The largest absolute Gasteiger partial charge is 0.302 e. The smallest absolute Gasteiger partial charge is 0.191 e. The van der Waals surface area contributed by atoms with Gasteiger partial charge in [0.15, 0.2) is 5.16 Å². The Hall–Kier alpha value is -2.34. The number of rotatable bonds is 6. The van der Waals surface area contributed by atoms with Crippen LogP contribution in [0.1, 0.15) is 29.2 Å². The van der Waals surface area contributed by atoms with Crippen LogP contribution in [0, 0.1) is 6.92 Å². The first kappa shape index (κ1) is 16.1. The van der Waals surface area contributed by atoms with Gasteiger partial charge in [-0.15, -0.1) is 16.8 Å². The van der Waals surface area contributed by atoms with Crippen molar-refractivity contribution < 1.29 is 0 Å². The Labute approximate surface area is 151 Å².